The molecule has 0 aliphatic carbocycles. The van der Waals surface area contributed by atoms with E-state index in [1.807, 2.05) is 6.07 Å². The molecule has 0 radical (unpaired) electrons. The maximum absolute atomic E-state index is 12.9. The standard InChI is InChI=1S/C24H24O7/c1-23(2,28)18-12-16-11-14(9-10-17(16)30-18)13-24(22(27)29-3)19(20(25)21(26)31-24)15-7-5-4-6-8-15/h4-11,18,25,28H,12-13H2,1-3H3/t18-,24+/m0/s1. The van der Waals surface area contributed by atoms with Gasteiger partial charge in [0, 0.05) is 12.8 Å². The van der Waals surface area contributed by atoms with Gasteiger partial charge in [-0.05, 0) is 36.6 Å². The first-order chi connectivity index (χ1) is 14.7. The molecule has 0 spiro atoms. The lowest BCUT2D eigenvalue weighted by atomic mass is 9.83. The van der Waals surface area contributed by atoms with Crippen molar-refractivity contribution in [2.24, 2.45) is 0 Å². The van der Waals surface area contributed by atoms with Crippen LogP contribution in [0.3, 0.4) is 0 Å². The van der Waals surface area contributed by atoms with Gasteiger partial charge in [0.25, 0.3) is 0 Å². The minimum Gasteiger partial charge on any atom is -0.502 e. The summed E-state index contributed by atoms with van der Waals surface area (Å²) in [5.41, 5.74) is -0.689. The van der Waals surface area contributed by atoms with Gasteiger partial charge in [-0.1, -0.05) is 42.5 Å². The predicted octanol–water partition coefficient (Wildman–Crippen LogP) is 2.74. The first-order valence-electron chi connectivity index (χ1n) is 9.97. The Morgan fingerprint density at radius 2 is 1.94 bits per heavy atom. The van der Waals surface area contributed by atoms with E-state index in [2.05, 4.69) is 0 Å². The van der Waals surface area contributed by atoms with Gasteiger partial charge < -0.3 is 24.4 Å². The van der Waals surface area contributed by atoms with Crippen molar-refractivity contribution in [1.82, 2.24) is 0 Å². The molecule has 4 rings (SSSR count). The van der Waals surface area contributed by atoms with E-state index in [0.717, 1.165) is 5.56 Å². The average Bonchev–Trinajstić information content (AvgIpc) is 3.27. The summed E-state index contributed by atoms with van der Waals surface area (Å²) in [4.78, 5) is 25.3. The number of hydrogen-bond donors (Lipinski definition) is 2. The number of cyclic esters (lactones) is 1. The molecule has 0 saturated heterocycles. The van der Waals surface area contributed by atoms with Gasteiger partial charge in [0.15, 0.2) is 0 Å². The van der Waals surface area contributed by atoms with Crippen LogP contribution in [0.4, 0.5) is 0 Å². The molecular formula is C24H24O7. The van der Waals surface area contributed by atoms with Gasteiger partial charge in [0.05, 0.1) is 18.3 Å². The number of carbonyl (C=O) groups excluding carboxylic acids is 2. The molecule has 0 aromatic heterocycles. The quantitative estimate of drug-likeness (QED) is 0.712. The number of carbonyl (C=O) groups is 2. The molecular weight excluding hydrogens is 400 g/mol. The molecule has 0 amide bonds. The Bertz CT molecular complexity index is 1070. The lowest BCUT2D eigenvalue weighted by Crippen LogP contribution is -2.44. The third-order valence-corrected chi connectivity index (χ3v) is 5.72. The number of fused-ring (bicyclic) bond motifs is 1. The van der Waals surface area contributed by atoms with Gasteiger partial charge in [0.2, 0.25) is 11.4 Å². The third-order valence-electron chi connectivity index (χ3n) is 5.72. The van der Waals surface area contributed by atoms with Crippen LogP contribution in [0.15, 0.2) is 54.3 Å². The van der Waals surface area contributed by atoms with Crippen molar-refractivity contribution in [3.8, 4) is 5.75 Å². The average molecular weight is 424 g/mol. The van der Waals surface area contributed by atoms with Gasteiger partial charge in [-0.2, -0.15) is 0 Å². The molecule has 0 unspecified atom stereocenters. The van der Waals surface area contributed by atoms with Crippen LogP contribution in [-0.4, -0.2) is 46.6 Å². The minimum absolute atomic E-state index is 0.0276. The summed E-state index contributed by atoms with van der Waals surface area (Å²) < 4.78 is 16.3. The second-order valence-corrected chi connectivity index (χ2v) is 8.38. The van der Waals surface area contributed by atoms with Crippen molar-refractivity contribution >= 4 is 17.5 Å². The Kier molecular flexibility index (Phi) is 5.01. The Balaban J connectivity index is 1.75. The van der Waals surface area contributed by atoms with Crippen molar-refractivity contribution in [2.45, 2.75) is 44.0 Å². The van der Waals surface area contributed by atoms with Gasteiger partial charge in [0.1, 0.15) is 11.9 Å². The van der Waals surface area contributed by atoms with Crippen LogP contribution in [0.1, 0.15) is 30.5 Å². The number of esters is 2. The molecule has 7 heteroatoms. The number of ether oxygens (including phenoxy) is 3. The molecule has 2 N–H and O–H groups in total. The lowest BCUT2D eigenvalue weighted by molar-refractivity contribution is -0.169. The number of benzene rings is 2. The number of aliphatic hydroxyl groups excluding tert-OH is 1. The molecule has 2 atom stereocenters. The van der Waals surface area contributed by atoms with Gasteiger partial charge in [-0.15, -0.1) is 0 Å². The maximum Gasteiger partial charge on any atom is 0.375 e. The second-order valence-electron chi connectivity index (χ2n) is 8.38. The predicted molar refractivity (Wildman–Crippen MR) is 111 cm³/mol. The summed E-state index contributed by atoms with van der Waals surface area (Å²) in [6, 6.07) is 14.0. The zero-order valence-electron chi connectivity index (χ0n) is 17.5. The third kappa shape index (κ3) is 3.55. The lowest BCUT2D eigenvalue weighted by Gasteiger charge is -2.28. The summed E-state index contributed by atoms with van der Waals surface area (Å²) >= 11 is 0. The fraction of sp³-hybridized carbons (Fsp3) is 0.333. The molecule has 0 fully saturated rings. The molecule has 2 aliphatic heterocycles. The highest BCUT2D eigenvalue weighted by atomic mass is 16.6. The van der Waals surface area contributed by atoms with E-state index in [-0.39, 0.29) is 18.1 Å². The fourth-order valence-corrected chi connectivity index (χ4v) is 4.12. The number of aliphatic hydroxyl groups is 2. The van der Waals surface area contributed by atoms with Crippen molar-refractivity contribution in [3.63, 3.8) is 0 Å². The van der Waals surface area contributed by atoms with Crippen molar-refractivity contribution in [2.75, 3.05) is 7.11 Å². The fourth-order valence-electron chi connectivity index (χ4n) is 4.12. The monoisotopic (exact) mass is 424 g/mol. The summed E-state index contributed by atoms with van der Waals surface area (Å²) in [6.07, 6.45) is 0.0882. The van der Waals surface area contributed by atoms with Gasteiger partial charge in [-0.3, -0.25) is 0 Å². The first kappa shape index (κ1) is 20.9. The summed E-state index contributed by atoms with van der Waals surface area (Å²) in [7, 11) is 1.21. The van der Waals surface area contributed by atoms with Crippen LogP contribution in [0.2, 0.25) is 0 Å². The number of rotatable bonds is 5. The van der Waals surface area contributed by atoms with Crippen LogP contribution < -0.4 is 4.74 Å². The van der Waals surface area contributed by atoms with Crippen LogP contribution in [0, 0.1) is 0 Å². The molecule has 2 aromatic carbocycles. The van der Waals surface area contributed by atoms with Crippen LogP contribution in [-0.2, 0) is 31.9 Å². The maximum atomic E-state index is 12.9. The summed E-state index contributed by atoms with van der Waals surface area (Å²) in [5.74, 6) is -1.71. The van der Waals surface area contributed by atoms with Gasteiger partial charge >= 0.3 is 11.9 Å². The number of hydrogen-bond acceptors (Lipinski definition) is 7. The molecule has 31 heavy (non-hydrogen) atoms. The SMILES string of the molecule is COC(=O)[C@]1(Cc2ccc3c(c2)C[C@@H](C(C)(C)O)O3)OC(=O)C(O)=C1c1ccccc1. The normalized spacial score (nSPS) is 22.7. The molecule has 2 aromatic rings. The van der Waals surface area contributed by atoms with E-state index in [0.29, 0.717) is 23.3 Å². The van der Waals surface area contributed by atoms with Gasteiger partial charge in [-0.25, -0.2) is 9.59 Å². The highest BCUT2D eigenvalue weighted by Gasteiger charge is 2.55. The Hall–Kier alpha value is -3.32. The summed E-state index contributed by atoms with van der Waals surface area (Å²) in [6.45, 7) is 3.38. The zero-order valence-corrected chi connectivity index (χ0v) is 17.5. The number of methoxy groups -OCH3 is 1. The van der Waals surface area contributed by atoms with Crippen molar-refractivity contribution in [1.29, 1.82) is 0 Å². The van der Waals surface area contributed by atoms with E-state index < -0.39 is 28.9 Å². The van der Waals surface area contributed by atoms with E-state index in [1.165, 1.54) is 7.11 Å². The second kappa shape index (κ2) is 7.42. The summed E-state index contributed by atoms with van der Waals surface area (Å²) in [5, 5.41) is 20.8. The highest BCUT2D eigenvalue weighted by molar-refractivity contribution is 6.11. The Morgan fingerprint density at radius 1 is 1.23 bits per heavy atom. The largest absolute Gasteiger partial charge is 0.502 e. The van der Waals surface area contributed by atoms with Crippen LogP contribution in [0.25, 0.3) is 5.57 Å². The highest BCUT2D eigenvalue weighted by Crippen LogP contribution is 2.43. The minimum atomic E-state index is -1.82. The molecule has 0 bridgehead atoms. The van der Waals surface area contributed by atoms with Crippen molar-refractivity contribution in [3.05, 3.63) is 71.0 Å². The molecule has 0 saturated carbocycles. The first-order valence-corrected chi connectivity index (χ1v) is 9.97. The van der Waals surface area contributed by atoms with E-state index in [4.69, 9.17) is 14.2 Å². The Morgan fingerprint density at radius 3 is 2.58 bits per heavy atom. The van der Waals surface area contributed by atoms with E-state index in [1.54, 1.807) is 56.3 Å². The topological polar surface area (TPSA) is 102 Å². The molecule has 162 valence electrons. The van der Waals surface area contributed by atoms with Crippen molar-refractivity contribution < 1.29 is 34.0 Å². The zero-order chi connectivity index (χ0) is 22.4. The smallest absolute Gasteiger partial charge is 0.375 e. The molecule has 7 nitrogen and oxygen atoms in total. The molecule has 2 heterocycles. The molecule has 2 aliphatic rings. The van der Waals surface area contributed by atoms with Crippen LogP contribution >= 0.6 is 0 Å². The van der Waals surface area contributed by atoms with Crippen LogP contribution in [0.5, 0.6) is 5.75 Å². The van der Waals surface area contributed by atoms with E-state index >= 15 is 0 Å². The Labute approximate surface area is 179 Å². The van der Waals surface area contributed by atoms with E-state index in [9.17, 15) is 19.8 Å².